The number of aryl methyl sites for hydroxylation is 2. The number of pyridine rings is 1. The van der Waals surface area contributed by atoms with Crippen molar-refractivity contribution in [2.45, 2.75) is 13.5 Å². The summed E-state index contributed by atoms with van der Waals surface area (Å²) in [4.78, 5) is 8.76. The average molecular weight is 331 g/mol. The predicted octanol–water partition coefficient (Wildman–Crippen LogP) is 3.65. The Morgan fingerprint density at radius 2 is 2.10 bits per heavy atom. The minimum atomic E-state index is 0.738. The molecule has 0 unspecified atom stereocenters. The van der Waals surface area contributed by atoms with Crippen molar-refractivity contribution in [3.8, 4) is 0 Å². The first-order valence-electron chi connectivity index (χ1n) is 6.39. The van der Waals surface area contributed by atoms with Gasteiger partial charge in [0.05, 0.1) is 17.4 Å². The number of imidazole rings is 1. The second kappa shape index (κ2) is 5.25. The lowest BCUT2D eigenvalue weighted by Gasteiger charge is -2.09. The normalized spacial score (nSPS) is 10.9. The zero-order valence-corrected chi connectivity index (χ0v) is 13.0. The molecule has 102 valence electrons. The maximum atomic E-state index is 4.38. The molecular formula is C15H15BrN4. The molecule has 0 saturated carbocycles. The smallest absolute Gasteiger partial charge is 0.129 e. The summed E-state index contributed by atoms with van der Waals surface area (Å²) in [5, 5.41) is 3.36. The molecule has 0 amide bonds. The lowest BCUT2D eigenvalue weighted by Crippen LogP contribution is -2.03. The number of fused-ring (bicyclic) bond motifs is 1. The van der Waals surface area contributed by atoms with E-state index in [1.807, 2.05) is 24.9 Å². The highest BCUT2D eigenvalue weighted by atomic mass is 79.9. The van der Waals surface area contributed by atoms with Gasteiger partial charge in [-0.05, 0) is 52.2 Å². The maximum Gasteiger partial charge on any atom is 0.129 e. The van der Waals surface area contributed by atoms with Crippen LogP contribution in [0.1, 0.15) is 11.1 Å². The number of hydrogen-bond acceptors (Lipinski definition) is 3. The van der Waals surface area contributed by atoms with E-state index in [9.17, 15) is 0 Å². The molecule has 0 atom stereocenters. The topological polar surface area (TPSA) is 42.7 Å². The van der Waals surface area contributed by atoms with E-state index in [-0.39, 0.29) is 0 Å². The molecule has 5 heteroatoms. The van der Waals surface area contributed by atoms with Crippen LogP contribution in [-0.4, -0.2) is 14.5 Å². The molecule has 20 heavy (non-hydrogen) atoms. The van der Waals surface area contributed by atoms with Crippen molar-refractivity contribution in [3.05, 3.63) is 52.4 Å². The van der Waals surface area contributed by atoms with E-state index in [1.54, 1.807) is 6.20 Å². The van der Waals surface area contributed by atoms with Crippen molar-refractivity contribution in [2.24, 2.45) is 7.05 Å². The minimum Gasteiger partial charge on any atom is -0.366 e. The molecule has 0 spiro atoms. The largest absolute Gasteiger partial charge is 0.366 e. The van der Waals surface area contributed by atoms with Gasteiger partial charge in [-0.2, -0.15) is 0 Å². The first kappa shape index (κ1) is 13.1. The van der Waals surface area contributed by atoms with Gasteiger partial charge in [0.25, 0.3) is 0 Å². The van der Waals surface area contributed by atoms with Gasteiger partial charge >= 0.3 is 0 Å². The Kier molecular flexibility index (Phi) is 3.44. The number of nitrogens with zero attached hydrogens (tertiary/aromatic N) is 3. The van der Waals surface area contributed by atoms with Crippen LogP contribution in [0.2, 0.25) is 0 Å². The van der Waals surface area contributed by atoms with E-state index in [0.29, 0.717) is 0 Å². The van der Waals surface area contributed by atoms with Gasteiger partial charge in [-0.3, -0.25) is 0 Å². The third-order valence-electron chi connectivity index (χ3n) is 3.29. The van der Waals surface area contributed by atoms with Gasteiger partial charge in [-0.15, -0.1) is 0 Å². The van der Waals surface area contributed by atoms with E-state index >= 15 is 0 Å². The molecular weight excluding hydrogens is 316 g/mol. The standard InChI is InChI=1S/C15H15BrN4/c1-10-5-12(16)8-18-15(10)17-7-11-3-4-14-13(6-11)19-9-20(14)2/h3-6,8-9H,7H2,1-2H3,(H,17,18). The van der Waals surface area contributed by atoms with E-state index in [1.165, 1.54) is 5.56 Å². The van der Waals surface area contributed by atoms with Crippen LogP contribution in [0, 0.1) is 6.92 Å². The molecule has 0 saturated heterocycles. The molecule has 0 fully saturated rings. The summed E-state index contributed by atoms with van der Waals surface area (Å²) in [5.41, 5.74) is 4.48. The first-order valence-corrected chi connectivity index (χ1v) is 7.19. The van der Waals surface area contributed by atoms with Gasteiger partial charge in [0.2, 0.25) is 0 Å². The summed E-state index contributed by atoms with van der Waals surface area (Å²) in [6, 6.07) is 8.38. The van der Waals surface area contributed by atoms with Crippen LogP contribution in [0.3, 0.4) is 0 Å². The zero-order valence-electron chi connectivity index (χ0n) is 11.4. The number of anilines is 1. The lowest BCUT2D eigenvalue weighted by atomic mass is 10.2. The number of halogens is 1. The second-order valence-corrected chi connectivity index (χ2v) is 5.77. The zero-order chi connectivity index (χ0) is 14.1. The predicted molar refractivity (Wildman–Crippen MR) is 84.7 cm³/mol. The summed E-state index contributed by atoms with van der Waals surface area (Å²) >= 11 is 3.42. The second-order valence-electron chi connectivity index (χ2n) is 4.85. The van der Waals surface area contributed by atoms with Gasteiger partial charge < -0.3 is 9.88 Å². The van der Waals surface area contributed by atoms with E-state index in [0.717, 1.165) is 33.4 Å². The van der Waals surface area contributed by atoms with Gasteiger partial charge in [-0.25, -0.2) is 9.97 Å². The van der Waals surface area contributed by atoms with Gasteiger partial charge in [-0.1, -0.05) is 6.07 Å². The summed E-state index contributed by atoms with van der Waals surface area (Å²) in [6.07, 6.45) is 3.64. The Labute approximate surface area is 126 Å². The molecule has 1 N–H and O–H groups in total. The lowest BCUT2D eigenvalue weighted by molar-refractivity contribution is 0.947. The molecule has 4 nitrogen and oxygen atoms in total. The number of nitrogens with one attached hydrogen (secondary N) is 1. The van der Waals surface area contributed by atoms with Crippen molar-refractivity contribution in [1.29, 1.82) is 0 Å². The molecule has 2 aromatic heterocycles. The fraction of sp³-hybridized carbons (Fsp3) is 0.200. The van der Waals surface area contributed by atoms with Crippen molar-refractivity contribution in [3.63, 3.8) is 0 Å². The highest BCUT2D eigenvalue weighted by molar-refractivity contribution is 9.10. The van der Waals surface area contributed by atoms with E-state index in [4.69, 9.17) is 0 Å². The van der Waals surface area contributed by atoms with Crippen LogP contribution in [0.25, 0.3) is 11.0 Å². The highest BCUT2D eigenvalue weighted by Gasteiger charge is 2.03. The third kappa shape index (κ3) is 2.54. The van der Waals surface area contributed by atoms with Crippen molar-refractivity contribution in [1.82, 2.24) is 14.5 Å². The third-order valence-corrected chi connectivity index (χ3v) is 3.73. The van der Waals surface area contributed by atoms with E-state index in [2.05, 4.69) is 55.5 Å². The number of rotatable bonds is 3. The molecule has 2 heterocycles. The molecule has 0 radical (unpaired) electrons. The van der Waals surface area contributed by atoms with Crippen LogP contribution >= 0.6 is 15.9 Å². The Balaban J connectivity index is 1.79. The number of benzene rings is 1. The summed E-state index contributed by atoms with van der Waals surface area (Å²) in [6.45, 7) is 2.78. The van der Waals surface area contributed by atoms with Crippen LogP contribution in [0.15, 0.2) is 41.3 Å². The molecule has 0 aliphatic rings. The average Bonchev–Trinajstić information content (AvgIpc) is 2.79. The Bertz CT molecular complexity index is 764. The fourth-order valence-corrected chi connectivity index (χ4v) is 2.65. The Morgan fingerprint density at radius 1 is 1.25 bits per heavy atom. The molecule has 0 aliphatic carbocycles. The number of aromatic nitrogens is 3. The van der Waals surface area contributed by atoms with Gasteiger partial charge in [0, 0.05) is 24.3 Å². The van der Waals surface area contributed by atoms with Gasteiger partial charge in [0.1, 0.15) is 5.82 Å². The molecule has 1 aromatic carbocycles. The van der Waals surface area contributed by atoms with Crippen LogP contribution in [0.5, 0.6) is 0 Å². The number of hydrogen-bond donors (Lipinski definition) is 1. The summed E-state index contributed by atoms with van der Waals surface area (Å²) < 4.78 is 3.02. The Morgan fingerprint density at radius 3 is 2.90 bits per heavy atom. The molecule has 0 aliphatic heterocycles. The van der Waals surface area contributed by atoms with E-state index < -0.39 is 0 Å². The summed E-state index contributed by atoms with van der Waals surface area (Å²) in [7, 11) is 2.00. The first-order chi connectivity index (χ1) is 9.63. The maximum absolute atomic E-state index is 4.38. The van der Waals surface area contributed by atoms with Gasteiger partial charge in [0.15, 0.2) is 0 Å². The van der Waals surface area contributed by atoms with Crippen LogP contribution in [0.4, 0.5) is 5.82 Å². The Hall–Kier alpha value is -1.88. The van der Waals surface area contributed by atoms with Crippen molar-refractivity contribution >= 4 is 32.8 Å². The van der Waals surface area contributed by atoms with Crippen molar-refractivity contribution in [2.75, 3.05) is 5.32 Å². The monoisotopic (exact) mass is 330 g/mol. The van der Waals surface area contributed by atoms with Crippen LogP contribution in [-0.2, 0) is 13.6 Å². The molecule has 0 bridgehead atoms. The van der Waals surface area contributed by atoms with Crippen LogP contribution < -0.4 is 5.32 Å². The minimum absolute atomic E-state index is 0.738. The molecule has 3 rings (SSSR count). The quantitative estimate of drug-likeness (QED) is 0.797. The SMILES string of the molecule is Cc1cc(Br)cnc1NCc1ccc2c(c1)ncn2C. The molecule has 3 aromatic rings. The van der Waals surface area contributed by atoms with Crippen molar-refractivity contribution < 1.29 is 0 Å². The fourth-order valence-electron chi connectivity index (χ4n) is 2.20. The highest BCUT2D eigenvalue weighted by Crippen LogP contribution is 2.18. The summed E-state index contributed by atoms with van der Waals surface area (Å²) in [5.74, 6) is 0.911.